The van der Waals surface area contributed by atoms with E-state index < -0.39 is 23.7 Å². The van der Waals surface area contributed by atoms with E-state index in [9.17, 15) is 9.59 Å². The van der Waals surface area contributed by atoms with Crippen LogP contribution in [0.2, 0.25) is 0 Å². The van der Waals surface area contributed by atoms with Crippen LogP contribution in [-0.4, -0.2) is 33.8 Å². The molecular weight excluding hydrogens is 260 g/mol. The number of carboxylic acids is 1. The Bertz CT molecular complexity index is 494. The van der Waals surface area contributed by atoms with Gasteiger partial charge in [0.1, 0.15) is 11.6 Å². The Labute approximate surface area is 118 Å². The molecule has 6 heteroatoms. The summed E-state index contributed by atoms with van der Waals surface area (Å²) in [5.74, 6) is -1.11. The van der Waals surface area contributed by atoms with Crippen LogP contribution in [0.15, 0.2) is 18.3 Å². The largest absolute Gasteiger partial charge is 0.480 e. The number of rotatable bonds is 4. The van der Waals surface area contributed by atoms with Crippen molar-refractivity contribution in [3.8, 4) is 0 Å². The monoisotopic (exact) mass is 280 g/mol. The fourth-order valence-corrected chi connectivity index (χ4v) is 1.62. The van der Waals surface area contributed by atoms with E-state index in [2.05, 4.69) is 10.3 Å². The molecule has 110 valence electrons. The van der Waals surface area contributed by atoms with Crippen molar-refractivity contribution >= 4 is 12.1 Å². The summed E-state index contributed by atoms with van der Waals surface area (Å²) in [5, 5.41) is 11.5. The summed E-state index contributed by atoms with van der Waals surface area (Å²) >= 11 is 0. The van der Waals surface area contributed by atoms with Crippen molar-refractivity contribution in [3.05, 3.63) is 29.6 Å². The number of nitrogens with one attached hydrogen (secondary N) is 1. The standard InChI is InChI=1S/C14H20N2O4/c1-9-7-10(5-6-15-9)8-11(12(17)18)16-13(19)20-14(2,3)4/h5-7,11H,8H2,1-4H3,(H,16,19)(H,17,18)/t11-/m1/s1. The van der Waals surface area contributed by atoms with Crippen molar-refractivity contribution in [1.82, 2.24) is 10.3 Å². The second kappa shape index (κ2) is 6.36. The summed E-state index contributed by atoms with van der Waals surface area (Å²) in [6.45, 7) is 6.97. The van der Waals surface area contributed by atoms with Crippen molar-refractivity contribution in [2.24, 2.45) is 0 Å². The zero-order valence-electron chi connectivity index (χ0n) is 12.1. The van der Waals surface area contributed by atoms with Crippen LogP contribution in [0, 0.1) is 6.92 Å². The molecular formula is C14H20N2O4. The summed E-state index contributed by atoms with van der Waals surface area (Å²) in [4.78, 5) is 26.9. The molecule has 1 atom stereocenters. The summed E-state index contributed by atoms with van der Waals surface area (Å²) in [6, 6.07) is 2.47. The Hall–Kier alpha value is -2.11. The van der Waals surface area contributed by atoms with Gasteiger partial charge in [0.15, 0.2) is 0 Å². The molecule has 0 aliphatic carbocycles. The predicted octanol–water partition coefficient (Wildman–Crippen LogP) is 1.91. The topological polar surface area (TPSA) is 88.5 Å². The molecule has 2 N–H and O–H groups in total. The number of carboxylic acid groups (broad SMARTS) is 1. The van der Waals surface area contributed by atoms with Gasteiger partial charge in [-0.1, -0.05) is 0 Å². The van der Waals surface area contributed by atoms with Gasteiger partial charge in [-0.15, -0.1) is 0 Å². The fraction of sp³-hybridized carbons (Fsp3) is 0.500. The van der Waals surface area contributed by atoms with Gasteiger partial charge in [0.2, 0.25) is 0 Å². The van der Waals surface area contributed by atoms with Crippen LogP contribution in [-0.2, 0) is 16.0 Å². The molecule has 1 amide bonds. The van der Waals surface area contributed by atoms with Crippen LogP contribution < -0.4 is 5.32 Å². The van der Waals surface area contributed by atoms with Gasteiger partial charge in [-0.2, -0.15) is 0 Å². The molecule has 1 heterocycles. The van der Waals surface area contributed by atoms with Crippen LogP contribution in [0.25, 0.3) is 0 Å². The lowest BCUT2D eigenvalue weighted by atomic mass is 10.1. The molecule has 0 aliphatic rings. The van der Waals surface area contributed by atoms with E-state index in [1.807, 2.05) is 6.92 Å². The maximum Gasteiger partial charge on any atom is 0.408 e. The predicted molar refractivity (Wildman–Crippen MR) is 73.5 cm³/mol. The molecule has 0 radical (unpaired) electrons. The number of alkyl carbamates (subject to hydrolysis) is 1. The van der Waals surface area contributed by atoms with Crippen molar-refractivity contribution in [2.75, 3.05) is 0 Å². The van der Waals surface area contributed by atoms with Gasteiger partial charge in [-0.05, 0) is 45.4 Å². The van der Waals surface area contributed by atoms with E-state index in [4.69, 9.17) is 9.84 Å². The quantitative estimate of drug-likeness (QED) is 0.879. The number of nitrogens with zero attached hydrogens (tertiary/aromatic N) is 1. The number of aryl methyl sites for hydroxylation is 1. The first kappa shape index (κ1) is 15.9. The Morgan fingerprint density at radius 2 is 2.10 bits per heavy atom. The van der Waals surface area contributed by atoms with E-state index in [1.165, 1.54) is 0 Å². The van der Waals surface area contributed by atoms with Crippen LogP contribution in [0.3, 0.4) is 0 Å². The third-order valence-corrected chi connectivity index (χ3v) is 2.39. The molecule has 6 nitrogen and oxygen atoms in total. The van der Waals surface area contributed by atoms with E-state index in [0.717, 1.165) is 11.3 Å². The first-order valence-corrected chi connectivity index (χ1v) is 6.31. The Morgan fingerprint density at radius 1 is 1.45 bits per heavy atom. The first-order valence-electron chi connectivity index (χ1n) is 6.31. The van der Waals surface area contributed by atoms with Gasteiger partial charge >= 0.3 is 12.1 Å². The summed E-state index contributed by atoms with van der Waals surface area (Å²) in [5.41, 5.74) is 0.922. The number of pyridine rings is 1. The summed E-state index contributed by atoms with van der Waals surface area (Å²) < 4.78 is 5.05. The number of carbonyl (C=O) groups is 2. The number of hydrogen-bond acceptors (Lipinski definition) is 4. The van der Waals surface area contributed by atoms with Gasteiger partial charge in [-0.25, -0.2) is 9.59 Å². The van der Waals surface area contributed by atoms with Crippen LogP contribution in [0.1, 0.15) is 32.0 Å². The molecule has 1 aromatic heterocycles. The fourth-order valence-electron chi connectivity index (χ4n) is 1.62. The molecule has 20 heavy (non-hydrogen) atoms. The molecule has 0 spiro atoms. The third-order valence-electron chi connectivity index (χ3n) is 2.39. The lowest BCUT2D eigenvalue weighted by Crippen LogP contribution is -2.44. The Morgan fingerprint density at radius 3 is 2.60 bits per heavy atom. The smallest absolute Gasteiger partial charge is 0.408 e. The highest BCUT2D eigenvalue weighted by atomic mass is 16.6. The number of hydrogen-bond donors (Lipinski definition) is 2. The van der Waals surface area contributed by atoms with E-state index >= 15 is 0 Å². The van der Waals surface area contributed by atoms with Crippen molar-refractivity contribution < 1.29 is 19.4 Å². The molecule has 0 saturated heterocycles. The highest BCUT2D eigenvalue weighted by Gasteiger charge is 2.24. The van der Waals surface area contributed by atoms with Gasteiger partial charge in [-0.3, -0.25) is 4.98 Å². The Balaban J connectivity index is 2.71. The lowest BCUT2D eigenvalue weighted by molar-refractivity contribution is -0.139. The first-order chi connectivity index (χ1) is 9.17. The maximum atomic E-state index is 11.6. The minimum absolute atomic E-state index is 0.179. The lowest BCUT2D eigenvalue weighted by Gasteiger charge is -2.22. The number of amides is 1. The molecule has 0 fully saturated rings. The molecule has 1 rings (SSSR count). The van der Waals surface area contributed by atoms with Gasteiger partial charge < -0.3 is 15.2 Å². The highest BCUT2D eigenvalue weighted by molar-refractivity contribution is 5.80. The number of aliphatic carboxylic acids is 1. The number of aromatic nitrogens is 1. The Kier molecular flexibility index (Phi) is 5.07. The number of carbonyl (C=O) groups excluding carboxylic acids is 1. The van der Waals surface area contributed by atoms with Crippen molar-refractivity contribution in [1.29, 1.82) is 0 Å². The maximum absolute atomic E-state index is 11.6. The minimum Gasteiger partial charge on any atom is -0.480 e. The summed E-state index contributed by atoms with van der Waals surface area (Å²) in [6.07, 6.45) is 1.05. The normalized spacial score (nSPS) is 12.6. The zero-order valence-corrected chi connectivity index (χ0v) is 12.1. The van der Waals surface area contributed by atoms with Crippen molar-refractivity contribution in [3.63, 3.8) is 0 Å². The molecule has 0 aliphatic heterocycles. The van der Waals surface area contributed by atoms with Gasteiger partial charge in [0, 0.05) is 18.3 Å². The minimum atomic E-state index is -1.11. The highest BCUT2D eigenvalue weighted by Crippen LogP contribution is 2.09. The molecule has 0 aromatic carbocycles. The second-order valence-corrected chi connectivity index (χ2v) is 5.55. The SMILES string of the molecule is Cc1cc(C[C@@H](NC(=O)OC(C)(C)C)C(=O)O)ccn1. The summed E-state index contributed by atoms with van der Waals surface area (Å²) in [7, 11) is 0. The van der Waals surface area contributed by atoms with Crippen LogP contribution in [0.5, 0.6) is 0 Å². The van der Waals surface area contributed by atoms with E-state index in [-0.39, 0.29) is 6.42 Å². The van der Waals surface area contributed by atoms with Crippen LogP contribution in [0.4, 0.5) is 4.79 Å². The average Bonchev–Trinajstić information content (AvgIpc) is 2.25. The zero-order chi connectivity index (χ0) is 15.3. The average molecular weight is 280 g/mol. The second-order valence-electron chi connectivity index (χ2n) is 5.55. The molecule has 0 bridgehead atoms. The van der Waals surface area contributed by atoms with Gasteiger partial charge in [0.05, 0.1) is 0 Å². The van der Waals surface area contributed by atoms with E-state index in [0.29, 0.717) is 0 Å². The molecule has 1 aromatic rings. The van der Waals surface area contributed by atoms with E-state index in [1.54, 1.807) is 39.1 Å². The van der Waals surface area contributed by atoms with Gasteiger partial charge in [0.25, 0.3) is 0 Å². The van der Waals surface area contributed by atoms with Crippen LogP contribution >= 0.6 is 0 Å². The third kappa shape index (κ3) is 5.69. The van der Waals surface area contributed by atoms with Crippen molar-refractivity contribution in [2.45, 2.75) is 45.8 Å². The molecule has 0 unspecified atom stereocenters. The molecule has 0 saturated carbocycles. The number of ether oxygens (including phenoxy) is 1.